The number of halogens is 1. The number of hydrogen-bond acceptors (Lipinski definition) is 4. The Bertz CT molecular complexity index is 508. The van der Waals surface area contributed by atoms with Crippen molar-refractivity contribution < 1.29 is 9.53 Å². The van der Waals surface area contributed by atoms with E-state index >= 15 is 0 Å². The molecule has 1 saturated heterocycles. The van der Waals surface area contributed by atoms with E-state index in [9.17, 15) is 4.79 Å². The lowest BCUT2D eigenvalue weighted by atomic mass is 9.97. The van der Waals surface area contributed by atoms with Crippen molar-refractivity contribution in [1.29, 1.82) is 0 Å². The van der Waals surface area contributed by atoms with Crippen LogP contribution in [0.1, 0.15) is 33.6 Å². The quantitative estimate of drug-likeness (QED) is 0.918. The zero-order chi connectivity index (χ0) is 16.2. The van der Waals surface area contributed by atoms with Gasteiger partial charge in [0.1, 0.15) is 5.60 Å². The molecule has 1 aliphatic heterocycles. The van der Waals surface area contributed by atoms with Crippen LogP contribution in [0.15, 0.2) is 18.5 Å². The predicted octanol–water partition coefficient (Wildman–Crippen LogP) is 3.79. The number of carbonyl (C=O) groups excluding carboxylic acids is 1. The zero-order valence-corrected chi connectivity index (χ0v) is 14.2. The Morgan fingerprint density at radius 2 is 2.14 bits per heavy atom. The van der Waals surface area contributed by atoms with Crippen molar-refractivity contribution in [2.75, 3.05) is 25.0 Å². The van der Waals surface area contributed by atoms with E-state index in [1.54, 1.807) is 23.4 Å². The van der Waals surface area contributed by atoms with Crippen LogP contribution in [-0.2, 0) is 4.74 Å². The highest BCUT2D eigenvalue weighted by molar-refractivity contribution is 6.33. The van der Waals surface area contributed by atoms with E-state index in [-0.39, 0.29) is 6.09 Å². The topological polar surface area (TPSA) is 54.5 Å². The van der Waals surface area contributed by atoms with Crippen LogP contribution >= 0.6 is 11.6 Å². The van der Waals surface area contributed by atoms with Gasteiger partial charge in [0.05, 0.1) is 16.9 Å². The summed E-state index contributed by atoms with van der Waals surface area (Å²) < 4.78 is 5.40. The maximum absolute atomic E-state index is 12.0. The van der Waals surface area contributed by atoms with Gasteiger partial charge in [-0.1, -0.05) is 11.6 Å². The third-order valence-electron chi connectivity index (χ3n) is 3.62. The maximum atomic E-state index is 12.0. The first-order chi connectivity index (χ1) is 10.3. The summed E-state index contributed by atoms with van der Waals surface area (Å²) in [5, 5.41) is 4.02. The Morgan fingerprint density at radius 1 is 1.45 bits per heavy atom. The van der Waals surface area contributed by atoms with Crippen LogP contribution in [0.3, 0.4) is 0 Å². The van der Waals surface area contributed by atoms with E-state index in [4.69, 9.17) is 16.3 Å². The zero-order valence-electron chi connectivity index (χ0n) is 13.4. The van der Waals surface area contributed by atoms with Gasteiger partial charge in [-0.05, 0) is 45.6 Å². The average molecular weight is 326 g/mol. The van der Waals surface area contributed by atoms with Gasteiger partial charge in [0.15, 0.2) is 0 Å². The van der Waals surface area contributed by atoms with Crippen molar-refractivity contribution in [3.63, 3.8) is 0 Å². The number of nitrogens with one attached hydrogen (secondary N) is 1. The number of amides is 1. The highest BCUT2D eigenvalue weighted by atomic mass is 35.5. The standard InChI is InChI=1S/C16H24ClN3O2/c1-16(2,3)22-15(21)20-8-5-12(6-9-20)10-19-14-11-18-7-4-13(14)17/h4,7,11-12,19H,5-6,8-10H2,1-3H3. The van der Waals surface area contributed by atoms with Gasteiger partial charge in [0, 0.05) is 25.8 Å². The van der Waals surface area contributed by atoms with E-state index in [0.29, 0.717) is 10.9 Å². The molecule has 5 nitrogen and oxygen atoms in total. The molecule has 2 heterocycles. The van der Waals surface area contributed by atoms with Gasteiger partial charge >= 0.3 is 6.09 Å². The Labute approximate surface area is 137 Å². The van der Waals surface area contributed by atoms with Gasteiger partial charge in [-0.3, -0.25) is 4.98 Å². The normalized spacial score (nSPS) is 16.5. The summed E-state index contributed by atoms with van der Waals surface area (Å²) in [6.45, 7) is 7.98. The maximum Gasteiger partial charge on any atom is 0.410 e. The van der Waals surface area contributed by atoms with Gasteiger partial charge in [0.25, 0.3) is 0 Å². The number of nitrogens with zero attached hydrogens (tertiary/aromatic N) is 2. The highest BCUT2D eigenvalue weighted by Crippen LogP contribution is 2.23. The number of carbonyl (C=O) groups is 1. The largest absolute Gasteiger partial charge is 0.444 e. The lowest BCUT2D eigenvalue weighted by Gasteiger charge is -2.33. The fraction of sp³-hybridized carbons (Fsp3) is 0.625. The van der Waals surface area contributed by atoms with Gasteiger partial charge in [0.2, 0.25) is 0 Å². The van der Waals surface area contributed by atoms with E-state index in [0.717, 1.165) is 38.2 Å². The van der Waals surface area contributed by atoms with Crippen LogP contribution < -0.4 is 5.32 Å². The minimum absolute atomic E-state index is 0.214. The number of ether oxygens (including phenoxy) is 1. The Morgan fingerprint density at radius 3 is 2.73 bits per heavy atom. The Balaban J connectivity index is 1.76. The van der Waals surface area contributed by atoms with Crippen molar-refractivity contribution in [2.45, 2.75) is 39.2 Å². The SMILES string of the molecule is CC(C)(C)OC(=O)N1CCC(CNc2cnccc2Cl)CC1. The first-order valence-corrected chi connectivity index (χ1v) is 8.04. The van der Waals surface area contributed by atoms with E-state index < -0.39 is 5.60 Å². The molecule has 122 valence electrons. The minimum Gasteiger partial charge on any atom is -0.444 e. The summed E-state index contributed by atoms with van der Waals surface area (Å²) in [6, 6.07) is 1.77. The van der Waals surface area contributed by atoms with Crippen molar-refractivity contribution in [3.8, 4) is 0 Å². The van der Waals surface area contributed by atoms with Crippen LogP contribution in [0.4, 0.5) is 10.5 Å². The van der Waals surface area contributed by atoms with Crippen molar-refractivity contribution >= 4 is 23.4 Å². The van der Waals surface area contributed by atoms with Crippen LogP contribution in [0.2, 0.25) is 5.02 Å². The molecule has 0 aliphatic carbocycles. The molecule has 1 fully saturated rings. The van der Waals surface area contributed by atoms with E-state index in [1.807, 2.05) is 20.8 Å². The predicted molar refractivity (Wildman–Crippen MR) is 88.3 cm³/mol. The molecule has 6 heteroatoms. The summed E-state index contributed by atoms with van der Waals surface area (Å²) in [5.74, 6) is 0.523. The summed E-state index contributed by atoms with van der Waals surface area (Å²) in [5.41, 5.74) is 0.422. The van der Waals surface area contributed by atoms with Gasteiger partial charge in [-0.15, -0.1) is 0 Å². The molecule has 0 unspecified atom stereocenters. The second-order valence-corrected chi connectivity index (χ2v) is 7.05. The molecule has 1 aliphatic rings. The molecule has 1 aromatic heterocycles. The van der Waals surface area contributed by atoms with Gasteiger partial charge < -0.3 is 15.0 Å². The van der Waals surface area contributed by atoms with E-state index in [2.05, 4.69) is 10.3 Å². The first-order valence-electron chi connectivity index (χ1n) is 7.66. The summed E-state index contributed by atoms with van der Waals surface area (Å²) in [7, 11) is 0. The molecule has 0 aromatic carbocycles. The number of anilines is 1. The minimum atomic E-state index is -0.438. The number of likely N-dealkylation sites (tertiary alicyclic amines) is 1. The van der Waals surface area contributed by atoms with Crippen LogP contribution in [0.25, 0.3) is 0 Å². The fourth-order valence-electron chi connectivity index (χ4n) is 2.41. The molecule has 0 saturated carbocycles. The van der Waals surface area contributed by atoms with Crippen molar-refractivity contribution in [2.24, 2.45) is 5.92 Å². The number of hydrogen-bond donors (Lipinski definition) is 1. The molecule has 2 rings (SSSR count). The smallest absolute Gasteiger partial charge is 0.410 e. The first kappa shape index (κ1) is 16.9. The molecular weight excluding hydrogens is 302 g/mol. The molecule has 1 amide bonds. The molecule has 0 radical (unpaired) electrons. The fourth-order valence-corrected chi connectivity index (χ4v) is 2.58. The van der Waals surface area contributed by atoms with Crippen molar-refractivity contribution in [1.82, 2.24) is 9.88 Å². The Kier molecular flexibility index (Phi) is 5.51. The summed E-state index contributed by atoms with van der Waals surface area (Å²) >= 11 is 6.10. The molecule has 0 spiro atoms. The molecule has 0 bridgehead atoms. The summed E-state index contributed by atoms with van der Waals surface area (Å²) in [6.07, 6.45) is 5.12. The summed E-state index contributed by atoms with van der Waals surface area (Å²) in [4.78, 5) is 17.9. The number of piperidine rings is 1. The van der Waals surface area contributed by atoms with Crippen LogP contribution in [0, 0.1) is 5.92 Å². The second-order valence-electron chi connectivity index (χ2n) is 6.65. The highest BCUT2D eigenvalue weighted by Gasteiger charge is 2.26. The molecule has 1 aromatic rings. The third kappa shape index (κ3) is 5.05. The lowest BCUT2D eigenvalue weighted by molar-refractivity contribution is 0.0188. The number of aromatic nitrogens is 1. The average Bonchev–Trinajstić information content (AvgIpc) is 2.45. The van der Waals surface area contributed by atoms with E-state index in [1.165, 1.54) is 0 Å². The van der Waals surface area contributed by atoms with Gasteiger partial charge in [-0.2, -0.15) is 0 Å². The van der Waals surface area contributed by atoms with Crippen LogP contribution in [0.5, 0.6) is 0 Å². The van der Waals surface area contributed by atoms with Crippen molar-refractivity contribution in [3.05, 3.63) is 23.5 Å². The number of pyridine rings is 1. The number of rotatable bonds is 3. The van der Waals surface area contributed by atoms with Crippen LogP contribution in [-0.4, -0.2) is 41.2 Å². The molecule has 22 heavy (non-hydrogen) atoms. The van der Waals surface area contributed by atoms with Gasteiger partial charge in [-0.25, -0.2) is 4.79 Å². The third-order valence-corrected chi connectivity index (χ3v) is 3.94. The lowest BCUT2D eigenvalue weighted by Crippen LogP contribution is -2.42. The molecular formula is C16H24ClN3O2. The monoisotopic (exact) mass is 325 g/mol. The Hall–Kier alpha value is -1.49. The molecule has 0 atom stereocenters. The molecule has 1 N–H and O–H groups in total. The second kappa shape index (κ2) is 7.18.